The fourth-order valence-corrected chi connectivity index (χ4v) is 1.88. The van der Waals surface area contributed by atoms with Crippen molar-refractivity contribution >= 4 is 27.5 Å². The number of rotatable bonds is 3. The number of hydrogen-bond acceptors (Lipinski definition) is 3. The smallest absolute Gasteiger partial charge is 0.223 e. The maximum absolute atomic E-state index is 13.3. The normalized spacial score (nSPS) is 10.8. The van der Waals surface area contributed by atoms with Gasteiger partial charge in [0.15, 0.2) is 0 Å². The number of halogens is 3. The van der Waals surface area contributed by atoms with E-state index in [-0.39, 0.29) is 10.9 Å². The molecule has 0 saturated heterocycles. The van der Waals surface area contributed by atoms with Crippen molar-refractivity contribution in [2.75, 3.05) is 0 Å². The predicted octanol–water partition coefficient (Wildman–Crippen LogP) is 4.95. The largest absolute Gasteiger partial charge is 0.439 e. The van der Waals surface area contributed by atoms with E-state index in [0.29, 0.717) is 22.1 Å². The number of nitrogens with zero attached hydrogens (tertiary/aromatic N) is 2. The van der Waals surface area contributed by atoms with Gasteiger partial charge in [0.05, 0.1) is 5.02 Å². The summed E-state index contributed by atoms with van der Waals surface area (Å²) in [6, 6.07) is 5.86. The van der Waals surface area contributed by atoms with Crippen LogP contribution in [0.3, 0.4) is 0 Å². The minimum Gasteiger partial charge on any atom is -0.439 e. The van der Waals surface area contributed by atoms with Gasteiger partial charge in [0.2, 0.25) is 5.88 Å². The Kier molecular flexibility index (Phi) is 4.37. The third kappa shape index (κ3) is 3.64. The highest BCUT2D eigenvalue weighted by molar-refractivity contribution is 9.10. The summed E-state index contributed by atoms with van der Waals surface area (Å²) < 4.78 is 19.4. The van der Waals surface area contributed by atoms with Crippen molar-refractivity contribution in [2.24, 2.45) is 0 Å². The van der Waals surface area contributed by atoms with E-state index in [9.17, 15) is 4.39 Å². The molecule has 1 aromatic heterocycles. The van der Waals surface area contributed by atoms with Gasteiger partial charge in [0.25, 0.3) is 0 Å². The Hall–Kier alpha value is -1.20. The summed E-state index contributed by atoms with van der Waals surface area (Å²) in [4.78, 5) is 8.50. The third-order valence-electron chi connectivity index (χ3n) is 2.32. The summed E-state index contributed by atoms with van der Waals surface area (Å²) in [5, 5.41) is 0.0547. The number of hydrogen-bond donors (Lipinski definition) is 0. The van der Waals surface area contributed by atoms with Gasteiger partial charge in [0.1, 0.15) is 22.0 Å². The molecule has 0 fully saturated rings. The van der Waals surface area contributed by atoms with Crippen LogP contribution in [0.15, 0.2) is 28.9 Å². The molecule has 0 saturated carbocycles. The molecule has 100 valence electrons. The van der Waals surface area contributed by atoms with E-state index in [1.807, 2.05) is 13.8 Å². The molecule has 2 rings (SSSR count). The van der Waals surface area contributed by atoms with Crippen LogP contribution in [-0.2, 0) is 0 Å². The van der Waals surface area contributed by atoms with Crippen molar-refractivity contribution in [3.63, 3.8) is 0 Å². The molecule has 0 bridgehead atoms. The quantitative estimate of drug-likeness (QED) is 0.738. The first-order valence-corrected chi connectivity index (χ1v) is 6.80. The Morgan fingerprint density at radius 3 is 2.63 bits per heavy atom. The average molecular weight is 346 g/mol. The van der Waals surface area contributed by atoms with Gasteiger partial charge in [0, 0.05) is 18.1 Å². The van der Waals surface area contributed by atoms with Gasteiger partial charge in [-0.25, -0.2) is 9.37 Å². The highest BCUT2D eigenvalue weighted by Crippen LogP contribution is 2.26. The summed E-state index contributed by atoms with van der Waals surface area (Å²) in [7, 11) is 0. The van der Waals surface area contributed by atoms with E-state index in [4.69, 9.17) is 16.3 Å². The van der Waals surface area contributed by atoms with Gasteiger partial charge < -0.3 is 4.74 Å². The number of ether oxygens (including phenoxy) is 1. The first-order valence-electron chi connectivity index (χ1n) is 5.63. The van der Waals surface area contributed by atoms with Crippen molar-refractivity contribution in [1.29, 1.82) is 0 Å². The Balaban J connectivity index is 2.29. The minimum atomic E-state index is -0.531. The first-order chi connectivity index (χ1) is 8.95. The van der Waals surface area contributed by atoms with E-state index in [1.54, 1.807) is 12.1 Å². The topological polar surface area (TPSA) is 35.0 Å². The van der Waals surface area contributed by atoms with E-state index in [1.165, 1.54) is 12.1 Å². The van der Waals surface area contributed by atoms with Crippen LogP contribution >= 0.6 is 27.5 Å². The van der Waals surface area contributed by atoms with Gasteiger partial charge in [-0.2, -0.15) is 4.98 Å². The molecule has 2 aromatic rings. The second kappa shape index (κ2) is 5.84. The molecule has 0 aliphatic heterocycles. The van der Waals surface area contributed by atoms with Gasteiger partial charge in [-0.05, 0) is 28.1 Å². The summed E-state index contributed by atoms with van der Waals surface area (Å²) in [5.74, 6) is 0.978. The minimum absolute atomic E-state index is 0.0547. The van der Waals surface area contributed by atoms with Crippen LogP contribution in [0.2, 0.25) is 5.02 Å². The van der Waals surface area contributed by atoms with Crippen LogP contribution in [-0.4, -0.2) is 9.97 Å². The lowest BCUT2D eigenvalue weighted by atomic mass is 10.2. The molecule has 1 aromatic carbocycles. The molecule has 1 heterocycles. The lowest BCUT2D eigenvalue weighted by Gasteiger charge is -2.09. The van der Waals surface area contributed by atoms with Crippen molar-refractivity contribution < 1.29 is 9.13 Å². The summed E-state index contributed by atoms with van der Waals surface area (Å²) >= 11 is 8.91. The molecule has 0 N–H and O–H groups in total. The van der Waals surface area contributed by atoms with Gasteiger partial charge >= 0.3 is 0 Å². The summed E-state index contributed by atoms with van der Waals surface area (Å²) in [6.45, 7) is 3.96. The fourth-order valence-electron chi connectivity index (χ4n) is 1.39. The Morgan fingerprint density at radius 1 is 1.26 bits per heavy atom. The highest BCUT2D eigenvalue weighted by atomic mass is 79.9. The van der Waals surface area contributed by atoms with E-state index >= 15 is 0 Å². The molecule has 0 atom stereocenters. The van der Waals surface area contributed by atoms with Gasteiger partial charge in [-0.3, -0.25) is 0 Å². The molecule has 0 unspecified atom stereocenters. The lowest BCUT2D eigenvalue weighted by molar-refractivity contribution is 0.451. The Bertz CT molecular complexity index is 607. The van der Waals surface area contributed by atoms with E-state index < -0.39 is 5.82 Å². The molecule has 0 radical (unpaired) electrons. The van der Waals surface area contributed by atoms with Crippen LogP contribution < -0.4 is 4.74 Å². The molecular formula is C13H11BrClFN2O. The van der Waals surface area contributed by atoms with Crippen LogP contribution in [0.4, 0.5) is 4.39 Å². The molecule has 3 nitrogen and oxygen atoms in total. The summed E-state index contributed by atoms with van der Waals surface area (Å²) in [5.41, 5.74) is 0. The van der Waals surface area contributed by atoms with Crippen LogP contribution in [0.25, 0.3) is 0 Å². The molecule has 19 heavy (non-hydrogen) atoms. The standard InChI is InChI=1S/C13H11BrClFN2O/c1-7(2)13-17-11(14)6-12(18-13)19-8-3-4-9(15)10(16)5-8/h3-7H,1-2H3. The van der Waals surface area contributed by atoms with E-state index in [0.717, 1.165) is 0 Å². The SMILES string of the molecule is CC(C)c1nc(Br)cc(Oc2ccc(Cl)c(F)c2)n1. The third-order valence-corrected chi connectivity index (χ3v) is 3.03. The maximum atomic E-state index is 13.3. The number of aromatic nitrogens is 2. The van der Waals surface area contributed by atoms with Crippen LogP contribution in [0.1, 0.15) is 25.6 Å². The zero-order valence-corrected chi connectivity index (χ0v) is 12.7. The van der Waals surface area contributed by atoms with Crippen molar-refractivity contribution in [3.05, 3.63) is 45.5 Å². The molecule has 0 aliphatic carbocycles. The van der Waals surface area contributed by atoms with Gasteiger partial charge in [-0.1, -0.05) is 25.4 Å². The Labute approximate surface area is 123 Å². The molecule has 6 heteroatoms. The molecule has 0 amide bonds. The zero-order chi connectivity index (χ0) is 14.0. The predicted molar refractivity (Wildman–Crippen MR) is 75.3 cm³/mol. The molecular weight excluding hydrogens is 335 g/mol. The maximum Gasteiger partial charge on any atom is 0.223 e. The van der Waals surface area contributed by atoms with Crippen LogP contribution in [0.5, 0.6) is 11.6 Å². The van der Waals surface area contributed by atoms with Crippen LogP contribution in [0, 0.1) is 5.82 Å². The monoisotopic (exact) mass is 344 g/mol. The second-order valence-electron chi connectivity index (χ2n) is 4.22. The van der Waals surface area contributed by atoms with Crippen molar-refractivity contribution in [1.82, 2.24) is 9.97 Å². The zero-order valence-electron chi connectivity index (χ0n) is 10.3. The summed E-state index contributed by atoms with van der Waals surface area (Å²) in [6.07, 6.45) is 0. The highest BCUT2D eigenvalue weighted by Gasteiger charge is 2.09. The fraction of sp³-hybridized carbons (Fsp3) is 0.231. The first kappa shape index (κ1) is 14.2. The molecule has 0 spiro atoms. The molecule has 0 aliphatic rings. The van der Waals surface area contributed by atoms with Crippen molar-refractivity contribution in [2.45, 2.75) is 19.8 Å². The van der Waals surface area contributed by atoms with E-state index in [2.05, 4.69) is 25.9 Å². The second-order valence-corrected chi connectivity index (χ2v) is 5.44. The van der Waals surface area contributed by atoms with Gasteiger partial charge in [-0.15, -0.1) is 0 Å². The lowest BCUT2D eigenvalue weighted by Crippen LogP contribution is -2.00. The Morgan fingerprint density at radius 2 is 2.00 bits per heavy atom. The number of benzene rings is 1. The average Bonchev–Trinajstić information content (AvgIpc) is 2.33. The van der Waals surface area contributed by atoms with Crippen molar-refractivity contribution in [3.8, 4) is 11.6 Å².